The zero-order valence-corrected chi connectivity index (χ0v) is 10.3. The first-order valence-corrected chi connectivity index (χ1v) is 6.77. The van der Waals surface area contributed by atoms with Crippen LogP contribution in [0.1, 0.15) is 38.5 Å². The minimum absolute atomic E-state index is 0.786. The summed E-state index contributed by atoms with van der Waals surface area (Å²) in [6, 6.07) is 0.786. The van der Waals surface area contributed by atoms with E-state index < -0.39 is 0 Å². The second kappa shape index (κ2) is 6.27. The van der Waals surface area contributed by atoms with Gasteiger partial charge in [-0.05, 0) is 31.6 Å². The fraction of sp³-hybridized carbons (Fsp3) is 0.857. The Labute approximate surface area is 99.8 Å². The molecule has 0 aromatic rings. The monoisotopic (exact) mass is 220 g/mol. The van der Waals surface area contributed by atoms with E-state index >= 15 is 0 Å². The molecule has 16 heavy (non-hydrogen) atoms. The quantitative estimate of drug-likeness (QED) is 0.659. The fourth-order valence-electron chi connectivity index (χ4n) is 2.59. The van der Waals surface area contributed by atoms with Crippen LogP contribution in [0.5, 0.6) is 0 Å². The van der Waals surface area contributed by atoms with E-state index in [4.69, 9.17) is 6.42 Å². The van der Waals surface area contributed by atoms with Crippen LogP contribution in [0.4, 0.5) is 0 Å². The Morgan fingerprint density at radius 3 is 2.56 bits per heavy atom. The first kappa shape index (κ1) is 12.0. The van der Waals surface area contributed by atoms with E-state index in [2.05, 4.69) is 16.1 Å². The molecule has 1 N–H and O–H groups in total. The standard InChI is InChI=1S/C14H24N2/c1-2-10-16(12-13-7-8-13)11-9-15-14-5-3-4-6-14/h1,13-15H,3-12H2. The van der Waals surface area contributed by atoms with E-state index in [1.165, 1.54) is 45.1 Å². The van der Waals surface area contributed by atoms with Crippen molar-refractivity contribution >= 4 is 0 Å². The number of terminal acetylenes is 1. The van der Waals surface area contributed by atoms with Crippen LogP contribution < -0.4 is 5.32 Å². The normalized spacial score (nSPS) is 21.5. The number of nitrogens with one attached hydrogen (secondary N) is 1. The molecule has 90 valence electrons. The third-order valence-electron chi connectivity index (χ3n) is 3.74. The summed E-state index contributed by atoms with van der Waals surface area (Å²) in [6.45, 7) is 4.27. The molecule has 0 aromatic heterocycles. The van der Waals surface area contributed by atoms with Crippen LogP contribution in [0.2, 0.25) is 0 Å². The molecule has 0 amide bonds. The summed E-state index contributed by atoms with van der Waals surface area (Å²) < 4.78 is 0. The average Bonchev–Trinajstić information content (AvgIpc) is 2.93. The van der Waals surface area contributed by atoms with Gasteiger partial charge in [-0.15, -0.1) is 6.42 Å². The summed E-state index contributed by atoms with van der Waals surface area (Å²) >= 11 is 0. The largest absolute Gasteiger partial charge is 0.313 e. The van der Waals surface area contributed by atoms with E-state index in [9.17, 15) is 0 Å². The second-order valence-electron chi connectivity index (χ2n) is 5.32. The molecule has 0 saturated heterocycles. The first-order valence-electron chi connectivity index (χ1n) is 6.77. The van der Waals surface area contributed by atoms with Gasteiger partial charge in [0, 0.05) is 25.7 Å². The Bertz CT molecular complexity index is 234. The summed E-state index contributed by atoms with van der Waals surface area (Å²) in [5, 5.41) is 3.65. The van der Waals surface area contributed by atoms with Crippen molar-refractivity contribution in [2.24, 2.45) is 5.92 Å². The highest BCUT2D eigenvalue weighted by atomic mass is 15.1. The van der Waals surface area contributed by atoms with Crippen molar-refractivity contribution in [3.05, 3.63) is 0 Å². The maximum atomic E-state index is 5.41. The van der Waals surface area contributed by atoms with Crippen LogP contribution >= 0.6 is 0 Å². The Hall–Kier alpha value is -0.520. The maximum absolute atomic E-state index is 5.41. The van der Waals surface area contributed by atoms with Gasteiger partial charge in [0.25, 0.3) is 0 Å². The second-order valence-corrected chi connectivity index (χ2v) is 5.32. The van der Waals surface area contributed by atoms with Crippen LogP contribution in [0, 0.1) is 18.3 Å². The van der Waals surface area contributed by atoms with Gasteiger partial charge >= 0.3 is 0 Å². The highest BCUT2D eigenvalue weighted by Gasteiger charge is 2.23. The molecule has 2 saturated carbocycles. The topological polar surface area (TPSA) is 15.3 Å². The molecular weight excluding hydrogens is 196 g/mol. The lowest BCUT2D eigenvalue weighted by Crippen LogP contribution is -2.37. The number of rotatable bonds is 7. The number of hydrogen-bond acceptors (Lipinski definition) is 2. The van der Waals surface area contributed by atoms with E-state index in [0.717, 1.165) is 31.6 Å². The zero-order valence-electron chi connectivity index (χ0n) is 10.3. The molecule has 0 aromatic carbocycles. The van der Waals surface area contributed by atoms with E-state index in [1.807, 2.05) is 0 Å². The van der Waals surface area contributed by atoms with Crippen molar-refractivity contribution in [2.45, 2.75) is 44.6 Å². The molecule has 0 radical (unpaired) electrons. The molecule has 2 aliphatic rings. The Morgan fingerprint density at radius 1 is 1.19 bits per heavy atom. The van der Waals surface area contributed by atoms with Gasteiger partial charge in [-0.1, -0.05) is 18.8 Å². The Kier molecular flexibility index (Phi) is 4.69. The van der Waals surface area contributed by atoms with Gasteiger partial charge in [0.1, 0.15) is 0 Å². The molecule has 0 unspecified atom stereocenters. The van der Waals surface area contributed by atoms with Crippen molar-refractivity contribution in [1.29, 1.82) is 0 Å². The molecule has 0 bridgehead atoms. The summed E-state index contributed by atoms with van der Waals surface area (Å²) in [5.41, 5.74) is 0. The van der Waals surface area contributed by atoms with Crippen LogP contribution in [0.3, 0.4) is 0 Å². The van der Waals surface area contributed by atoms with Crippen molar-refractivity contribution in [2.75, 3.05) is 26.2 Å². The molecule has 0 aliphatic heterocycles. The van der Waals surface area contributed by atoms with Crippen LogP contribution in [-0.4, -0.2) is 37.1 Å². The lowest BCUT2D eigenvalue weighted by Gasteiger charge is -2.21. The zero-order chi connectivity index (χ0) is 11.2. The molecule has 2 aliphatic carbocycles. The van der Waals surface area contributed by atoms with Gasteiger partial charge in [-0.2, -0.15) is 0 Å². The van der Waals surface area contributed by atoms with Gasteiger partial charge in [0.2, 0.25) is 0 Å². The summed E-state index contributed by atoms with van der Waals surface area (Å²) in [5.74, 6) is 3.72. The van der Waals surface area contributed by atoms with Gasteiger partial charge in [0.05, 0.1) is 6.54 Å². The van der Waals surface area contributed by atoms with Crippen LogP contribution in [0.15, 0.2) is 0 Å². The number of nitrogens with zero attached hydrogens (tertiary/aromatic N) is 1. The summed E-state index contributed by atoms with van der Waals surface area (Å²) in [4.78, 5) is 2.43. The predicted octanol–water partition coefficient (Wildman–Crippen LogP) is 1.86. The third kappa shape index (κ3) is 4.15. The predicted molar refractivity (Wildman–Crippen MR) is 68.3 cm³/mol. The van der Waals surface area contributed by atoms with E-state index in [0.29, 0.717) is 0 Å². The van der Waals surface area contributed by atoms with Crippen molar-refractivity contribution < 1.29 is 0 Å². The summed E-state index contributed by atoms with van der Waals surface area (Å²) in [6.07, 6.45) is 13.8. The van der Waals surface area contributed by atoms with Crippen LogP contribution in [-0.2, 0) is 0 Å². The van der Waals surface area contributed by atoms with Gasteiger partial charge in [-0.3, -0.25) is 4.90 Å². The fourth-order valence-corrected chi connectivity index (χ4v) is 2.59. The highest BCUT2D eigenvalue weighted by Crippen LogP contribution is 2.29. The van der Waals surface area contributed by atoms with Gasteiger partial charge < -0.3 is 5.32 Å². The maximum Gasteiger partial charge on any atom is 0.0599 e. The lowest BCUT2D eigenvalue weighted by atomic mass is 10.2. The molecule has 2 rings (SSSR count). The SMILES string of the molecule is C#CCN(CCNC1CCCC1)CC1CC1. The number of hydrogen-bond donors (Lipinski definition) is 1. The molecule has 0 spiro atoms. The minimum Gasteiger partial charge on any atom is -0.313 e. The van der Waals surface area contributed by atoms with Gasteiger partial charge in [-0.25, -0.2) is 0 Å². The van der Waals surface area contributed by atoms with Crippen molar-refractivity contribution in [3.8, 4) is 12.3 Å². The smallest absolute Gasteiger partial charge is 0.0599 e. The molecule has 2 heteroatoms. The van der Waals surface area contributed by atoms with E-state index in [-0.39, 0.29) is 0 Å². The summed E-state index contributed by atoms with van der Waals surface area (Å²) in [7, 11) is 0. The Morgan fingerprint density at radius 2 is 1.94 bits per heavy atom. The average molecular weight is 220 g/mol. The molecule has 0 atom stereocenters. The van der Waals surface area contributed by atoms with Crippen molar-refractivity contribution in [1.82, 2.24) is 10.2 Å². The molecular formula is C14H24N2. The molecule has 2 fully saturated rings. The lowest BCUT2D eigenvalue weighted by molar-refractivity contribution is 0.288. The van der Waals surface area contributed by atoms with Gasteiger partial charge in [0.15, 0.2) is 0 Å². The minimum atomic E-state index is 0.786. The highest BCUT2D eigenvalue weighted by molar-refractivity contribution is 4.90. The first-order chi connectivity index (χ1) is 7.88. The van der Waals surface area contributed by atoms with Crippen LogP contribution in [0.25, 0.3) is 0 Å². The van der Waals surface area contributed by atoms with Crippen molar-refractivity contribution in [3.63, 3.8) is 0 Å². The van der Waals surface area contributed by atoms with E-state index in [1.54, 1.807) is 0 Å². The Balaban J connectivity index is 1.58. The third-order valence-corrected chi connectivity index (χ3v) is 3.74. The molecule has 0 heterocycles. The molecule has 2 nitrogen and oxygen atoms in total.